The summed E-state index contributed by atoms with van der Waals surface area (Å²) in [6, 6.07) is 2.04. The van der Waals surface area contributed by atoms with Crippen LogP contribution in [0.5, 0.6) is 0 Å². The molecule has 1 heterocycles. The van der Waals surface area contributed by atoms with Crippen molar-refractivity contribution in [2.75, 3.05) is 0 Å². The van der Waals surface area contributed by atoms with Crippen molar-refractivity contribution < 1.29 is 0 Å². The Morgan fingerprint density at radius 2 is 2.50 bits per heavy atom. The lowest BCUT2D eigenvalue weighted by Gasteiger charge is -1.72. The molecule has 0 atom stereocenters. The van der Waals surface area contributed by atoms with Gasteiger partial charge in [-0.15, -0.1) is 11.3 Å². The topological polar surface area (TPSA) is 0 Å². The lowest BCUT2D eigenvalue weighted by molar-refractivity contribution is 1.87. The fourth-order valence-electron chi connectivity index (χ4n) is 0.430. The zero-order valence-electron chi connectivity index (χ0n) is 4.23. The van der Waals surface area contributed by atoms with Crippen LogP contribution in [0, 0.1) is 0 Å². The van der Waals surface area contributed by atoms with Gasteiger partial charge in [-0.3, -0.25) is 0 Å². The second-order valence-corrected chi connectivity index (χ2v) is 3.68. The largest absolute Gasteiger partial charge is 0.136 e. The lowest BCUT2D eigenvalue weighted by atomic mass is 10.3. The maximum Gasteiger partial charge on any atom is 0.0704 e. The fraction of sp³-hybridized carbons (Fsp3) is 0. The summed E-state index contributed by atoms with van der Waals surface area (Å²) in [4.78, 5) is 0. The van der Waals surface area contributed by atoms with Crippen LogP contribution in [0.15, 0.2) is 21.8 Å². The molecule has 0 bridgehead atoms. The van der Waals surface area contributed by atoms with Crippen LogP contribution in [0.25, 0.3) is 6.08 Å². The van der Waals surface area contributed by atoms with E-state index in [4.69, 9.17) is 0 Å². The molecular formula is C6H5BrS. The van der Waals surface area contributed by atoms with Crippen molar-refractivity contribution in [2.24, 2.45) is 0 Å². The van der Waals surface area contributed by atoms with E-state index in [0.29, 0.717) is 0 Å². The van der Waals surface area contributed by atoms with Crippen molar-refractivity contribution in [3.63, 3.8) is 0 Å². The minimum Gasteiger partial charge on any atom is -0.136 e. The summed E-state index contributed by atoms with van der Waals surface area (Å²) in [7, 11) is 0. The van der Waals surface area contributed by atoms with Gasteiger partial charge in [-0.05, 0) is 32.9 Å². The van der Waals surface area contributed by atoms with E-state index in [1.807, 2.05) is 12.1 Å². The van der Waals surface area contributed by atoms with E-state index in [2.05, 4.69) is 27.9 Å². The van der Waals surface area contributed by atoms with E-state index in [-0.39, 0.29) is 0 Å². The Morgan fingerprint density at radius 3 is 2.75 bits per heavy atom. The van der Waals surface area contributed by atoms with Gasteiger partial charge >= 0.3 is 0 Å². The van der Waals surface area contributed by atoms with Crippen molar-refractivity contribution >= 4 is 33.3 Å². The molecule has 0 radical (unpaired) electrons. The third-order valence-corrected chi connectivity index (χ3v) is 2.35. The molecule has 0 aromatic carbocycles. The number of hydrogen-bond donors (Lipinski definition) is 0. The summed E-state index contributed by atoms with van der Waals surface area (Å²) < 4.78 is 1.16. The molecule has 0 unspecified atom stereocenters. The van der Waals surface area contributed by atoms with Gasteiger partial charge in [0, 0.05) is 0 Å². The molecule has 0 spiro atoms. The normalized spacial score (nSPS) is 9.12. The van der Waals surface area contributed by atoms with E-state index in [1.165, 1.54) is 5.56 Å². The number of halogens is 1. The second-order valence-electron chi connectivity index (χ2n) is 1.39. The first kappa shape index (κ1) is 6.05. The number of rotatable bonds is 1. The molecule has 0 saturated heterocycles. The summed E-state index contributed by atoms with van der Waals surface area (Å²) in [5.74, 6) is 0. The zero-order chi connectivity index (χ0) is 5.98. The Hall–Kier alpha value is -0.0800. The number of hydrogen-bond acceptors (Lipinski definition) is 1. The highest BCUT2D eigenvalue weighted by Crippen LogP contribution is 2.20. The monoisotopic (exact) mass is 188 g/mol. The Kier molecular flexibility index (Phi) is 1.86. The molecule has 0 aliphatic carbocycles. The van der Waals surface area contributed by atoms with Crippen molar-refractivity contribution in [2.45, 2.75) is 0 Å². The van der Waals surface area contributed by atoms with Gasteiger partial charge in [-0.25, -0.2) is 0 Å². The third-order valence-electron chi connectivity index (χ3n) is 0.823. The van der Waals surface area contributed by atoms with E-state index in [0.717, 1.165) is 3.79 Å². The molecule has 1 rings (SSSR count). The van der Waals surface area contributed by atoms with Crippen LogP contribution in [0.1, 0.15) is 5.56 Å². The highest BCUT2D eigenvalue weighted by molar-refractivity contribution is 9.11. The van der Waals surface area contributed by atoms with Crippen LogP contribution < -0.4 is 0 Å². The molecular weight excluding hydrogens is 184 g/mol. The van der Waals surface area contributed by atoms with Crippen molar-refractivity contribution in [3.8, 4) is 0 Å². The van der Waals surface area contributed by atoms with Crippen LogP contribution in [0.4, 0.5) is 0 Å². The summed E-state index contributed by atoms with van der Waals surface area (Å²) in [5.41, 5.74) is 1.18. The molecule has 2 heteroatoms. The highest BCUT2D eigenvalue weighted by Gasteiger charge is 1.88. The summed E-state index contributed by atoms with van der Waals surface area (Å²) >= 11 is 5.02. The predicted molar refractivity (Wildman–Crippen MR) is 42.1 cm³/mol. The molecule has 1 aromatic rings. The molecule has 0 aliphatic heterocycles. The summed E-state index contributed by atoms with van der Waals surface area (Å²) in [5, 5.41) is 2.05. The summed E-state index contributed by atoms with van der Waals surface area (Å²) in [6.45, 7) is 3.63. The molecule has 0 N–H and O–H groups in total. The van der Waals surface area contributed by atoms with Crippen LogP contribution in [-0.2, 0) is 0 Å². The Bertz CT molecular complexity index is 190. The van der Waals surface area contributed by atoms with Crippen LogP contribution in [0.3, 0.4) is 0 Å². The van der Waals surface area contributed by atoms with Gasteiger partial charge in [0.15, 0.2) is 0 Å². The molecule has 0 amide bonds. The average molecular weight is 189 g/mol. The molecule has 0 fully saturated rings. The average Bonchev–Trinajstić information content (AvgIpc) is 2.14. The Balaban J connectivity index is 3.00. The second kappa shape index (κ2) is 2.46. The van der Waals surface area contributed by atoms with Gasteiger partial charge in [0.05, 0.1) is 3.79 Å². The minimum absolute atomic E-state index is 1.16. The summed E-state index contributed by atoms with van der Waals surface area (Å²) in [6.07, 6.45) is 1.83. The minimum atomic E-state index is 1.16. The first-order valence-corrected chi connectivity index (χ1v) is 3.86. The van der Waals surface area contributed by atoms with Crippen LogP contribution in [0.2, 0.25) is 0 Å². The molecule has 8 heavy (non-hydrogen) atoms. The predicted octanol–water partition coefficient (Wildman–Crippen LogP) is 3.15. The van der Waals surface area contributed by atoms with Gasteiger partial charge < -0.3 is 0 Å². The standard InChI is InChI=1S/C6H5BrS/c1-2-5-3-6(7)8-4-5/h2-4H,1H2. The molecule has 1 aromatic heterocycles. The molecule has 42 valence electrons. The molecule has 0 nitrogen and oxygen atoms in total. The first-order valence-electron chi connectivity index (χ1n) is 2.19. The maximum atomic E-state index is 3.63. The van der Waals surface area contributed by atoms with E-state index >= 15 is 0 Å². The fourth-order valence-corrected chi connectivity index (χ4v) is 1.59. The highest BCUT2D eigenvalue weighted by atomic mass is 79.9. The van der Waals surface area contributed by atoms with E-state index in [9.17, 15) is 0 Å². The zero-order valence-corrected chi connectivity index (χ0v) is 6.63. The van der Waals surface area contributed by atoms with Gasteiger partial charge in [0.1, 0.15) is 0 Å². The lowest BCUT2D eigenvalue weighted by Crippen LogP contribution is -1.51. The number of thiophene rings is 1. The molecule has 0 saturated carbocycles. The SMILES string of the molecule is C=Cc1csc(Br)c1. The first-order chi connectivity index (χ1) is 3.83. The van der Waals surface area contributed by atoms with Gasteiger partial charge in [0.2, 0.25) is 0 Å². The van der Waals surface area contributed by atoms with Crippen molar-refractivity contribution in [1.82, 2.24) is 0 Å². The Labute approximate surface area is 61.0 Å². The smallest absolute Gasteiger partial charge is 0.0704 e. The maximum absolute atomic E-state index is 3.63. The van der Waals surface area contributed by atoms with E-state index in [1.54, 1.807) is 11.3 Å². The van der Waals surface area contributed by atoms with Crippen LogP contribution >= 0.6 is 27.3 Å². The van der Waals surface area contributed by atoms with Gasteiger partial charge in [-0.2, -0.15) is 0 Å². The van der Waals surface area contributed by atoms with Crippen molar-refractivity contribution in [3.05, 3.63) is 27.4 Å². The van der Waals surface area contributed by atoms with Gasteiger partial charge in [-0.1, -0.05) is 12.7 Å². The van der Waals surface area contributed by atoms with Gasteiger partial charge in [0.25, 0.3) is 0 Å². The van der Waals surface area contributed by atoms with E-state index < -0.39 is 0 Å². The Morgan fingerprint density at radius 1 is 1.75 bits per heavy atom. The van der Waals surface area contributed by atoms with Crippen LogP contribution in [-0.4, -0.2) is 0 Å². The molecule has 0 aliphatic rings. The quantitative estimate of drug-likeness (QED) is 0.636. The van der Waals surface area contributed by atoms with Crippen molar-refractivity contribution in [1.29, 1.82) is 0 Å². The third kappa shape index (κ3) is 1.20.